The minimum absolute atomic E-state index is 0.147. The summed E-state index contributed by atoms with van der Waals surface area (Å²) in [7, 11) is -4.14. The topological polar surface area (TPSA) is 85.3 Å². The smallest absolute Gasteiger partial charge is 0.243 e. The highest BCUT2D eigenvalue weighted by Crippen LogP contribution is 2.22. The zero-order valence-electron chi connectivity index (χ0n) is 9.56. The Morgan fingerprint density at radius 1 is 1.26 bits per heavy atom. The highest BCUT2D eigenvalue weighted by atomic mass is 32.2. The van der Waals surface area contributed by atoms with Crippen molar-refractivity contribution in [2.75, 3.05) is 5.73 Å². The molecule has 0 saturated heterocycles. The van der Waals surface area contributed by atoms with Gasteiger partial charge in [-0.2, -0.15) is 0 Å². The monoisotopic (exact) mass is 288 g/mol. The Morgan fingerprint density at radius 2 is 2.00 bits per heavy atom. The molecule has 102 valence electrons. The van der Waals surface area contributed by atoms with Crippen LogP contribution >= 0.6 is 0 Å². The van der Waals surface area contributed by atoms with Gasteiger partial charge in [-0.3, -0.25) is 0 Å². The van der Waals surface area contributed by atoms with Crippen LogP contribution in [0.1, 0.15) is 5.76 Å². The van der Waals surface area contributed by atoms with Gasteiger partial charge in [-0.05, 0) is 24.3 Å². The van der Waals surface area contributed by atoms with Gasteiger partial charge in [0.15, 0.2) is 5.82 Å². The Labute approximate surface area is 108 Å². The Morgan fingerprint density at radius 3 is 2.63 bits per heavy atom. The van der Waals surface area contributed by atoms with Gasteiger partial charge in [0, 0.05) is 0 Å². The molecule has 0 bridgehead atoms. The summed E-state index contributed by atoms with van der Waals surface area (Å²) in [6.45, 7) is -0.147. The lowest BCUT2D eigenvalue weighted by Gasteiger charge is -2.08. The summed E-state index contributed by atoms with van der Waals surface area (Å²) in [5.74, 6) is -1.96. The Bertz CT molecular complexity index is 684. The van der Waals surface area contributed by atoms with E-state index >= 15 is 0 Å². The van der Waals surface area contributed by atoms with Gasteiger partial charge in [-0.1, -0.05) is 0 Å². The normalized spacial score (nSPS) is 11.7. The standard InChI is InChI=1S/C11H10F2N2O3S/c12-8-3-4-9(10(13)11(8)14)19(16,17)15-6-7-2-1-5-18-7/h1-5,15H,6,14H2. The highest BCUT2D eigenvalue weighted by Gasteiger charge is 2.22. The first-order valence-electron chi connectivity index (χ1n) is 5.17. The molecule has 0 unspecified atom stereocenters. The van der Waals surface area contributed by atoms with Gasteiger partial charge >= 0.3 is 0 Å². The number of sulfonamides is 1. The minimum atomic E-state index is -4.14. The van der Waals surface area contributed by atoms with Crippen LogP contribution in [0.15, 0.2) is 39.8 Å². The predicted molar refractivity (Wildman–Crippen MR) is 63.5 cm³/mol. The third-order valence-corrected chi connectivity index (χ3v) is 3.82. The van der Waals surface area contributed by atoms with E-state index in [1.165, 1.54) is 6.26 Å². The number of nitrogens with two attached hydrogens (primary N) is 1. The van der Waals surface area contributed by atoms with Crippen molar-refractivity contribution < 1.29 is 21.6 Å². The lowest BCUT2D eigenvalue weighted by molar-refractivity contribution is 0.496. The van der Waals surface area contributed by atoms with Crippen molar-refractivity contribution in [2.24, 2.45) is 0 Å². The molecule has 1 aromatic heterocycles. The fourth-order valence-corrected chi connectivity index (χ4v) is 2.49. The molecule has 3 N–H and O–H groups in total. The van der Waals surface area contributed by atoms with E-state index < -0.39 is 32.2 Å². The molecule has 0 amide bonds. The van der Waals surface area contributed by atoms with Crippen molar-refractivity contribution in [2.45, 2.75) is 11.4 Å². The molecule has 1 aromatic carbocycles. The Hall–Kier alpha value is -1.93. The third kappa shape index (κ3) is 2.74. The summed E-state index contributed by atoms with van der Waals surface area (Å²) in [4.78, 5) is -0.710. The number of hydrogen-bond acceptors (Lipinski definition) is 4. The van der Waals surface area contributed by atoms with Crippen molar-refractivity contribution in [3.05, 3.63) is 47.9 Å². The molecule has 2 aromatic rings. The number of furan rings is 1. The number of nitrogens with one attached hydrogen (secondary N) is 1. The maximum atomic E-state index is 13.6. The SMILES string of the molecule is Nc1c(F)ccc(S(=O)(=O)NCc2ccco2)c1F. The second-order valence-electron chi connectivity index (χ2n) is 3.68. The summed E-state index contributed by atoms with van der Waals surface area (Å²) < 4.78 is 57.3. The predicted octanol–water partition coefficient (Wildman–Crippen LogP) is 1.62. The summed E-state index contributed by atoms with van der Waals surface area (Å²) in [6.07, 6.45) is 1.38. The lowest BCUT2D eigenvalue weighted by Crippen LogP contribution is -2.24. The van der Waals surface area contributed by atoms with Gasteiger partial charge in [0.1, 0.15) is 22.2 Å². The molecule has 0 radical (unpaired) electrons. The van der Waals surface area contributed by atoms with Crippen LogP contribution in [0.25, 0.3) is 0 Å². The Kier molecular flexibility index (Phi) is 3.54. The number of halogens is 2. The number of hydrogen-bond donors (Lipinski definition) is 2. The molecule has 19 heavy (non-hydrogen) atoms. The molecule has 8 heteroatoms. The van der Waals surface area contributed by atoms with Crippen molar-refractivity contribution in [1.29, 1.82) is 0 Å². The first kappa shape index (κ1) is 13.5. The summed E-state index contributed by atoms with van der Waals surface area (Å²) >= 11 is 0. The van der Waals surface area contributed by atoms with Crippen molar-refractivity contribution in [1.82, 2.24) is 4.72 Å². The van der Waals surface area contributed by atoms with Crippen LogP contribution in [0.5, 0.6) is 0 Å². The molecule has 0 saturated carbocycles. The van der Waals surface area contributed by atoms with E-state index in [0.29, 0.717) is 5.76 Å². The zero-order valence-corrected chi connectivity index (χ0v) is 10.4. The van der Waals surface area contributed by atoms with Gasteiger partial charge < -0.3 is 10.2 Å². The van der Waals surface area contributed by atoms with E-state index in [4.69, 9.17) is 10.2 Å². The average molecular weight is 288 g/mol. The van der Waals surface area contributed by atoms with Gasteiger partial charge in [0.05, 0.1) is 12.8 Å². The van der Waals surface area contributed by atoms with E-state index in [2.05, 4.69) is 4.72 Å². The van der Waals surface area contributed by atoms with Crippen molar-refractivity contribution >= 4 is 15.7 Å². The number of rotatable bonds is 4. The molecule has 0 fully saturated rings. The molecule has 0 aliphatic rings. The second kappa shape index (κ2) is 4.98. The van der Waals surface area contributed by atoms with Crippen LogP contribution in [0.4, 0.5) is 14.5 Å². The third-order valence-electron chi connectivity index (χ3n) is 2.40. The quantitative estimate of drug-likeness (QED) is 0.837. The van der Waals surface area contributed by atoms with E-state index in [1.54, 1.807) is 12.1 Å². The first-order valence-corrected chi connectivity index (χ1v) is 6.65. The van der Waals surface area contributed by atoms with E-state index in [-0.39, 0.29) is 6.54 Å². The summed E-state index contributed by atoms with van der Waals surface area (Å²) in [5, 5.41) is 0. The minimum Gasteiger partial charge on any atom is -0.468 e. The molecular weight excluding hydrogens is 278 g/mol. The van der Waals surface area contributed by atoms with Crippen LogP contribution in [0.2, 0.25) is 0 Å². The van der Waals surface area contributed by atoms with Crippen LogP contribution in [-0.2, 0) is 16.6 Å². The first-order chi connectivity index (χ1) is 8.92. The van der Waals surface area contributed by atoms with E-state index in [0.717, 1.165) is 12.1 Å². The molecule has 1 heterocycles. The van der Waals surface area contributed by atoms with Crippen LogP contribution in [0.3, 0.4) is 0 Å². The van der Waals surface area contributed by atoms with Gasteiger partial charge in [0.25, 0.3) is 0 Å². The Balaban J connectivity index is 2.27. The molecular formula is C11H10F2N2O3S. The molecule has 0 aliphatic carbocycles. The number of nitrogen functional groups attached to an aromatic ring is 1. The molecule has 0 atom stereocenters. The molecule has 0 spiro atoms. The number of benzene rings is 1. The molecule has 0 aliphatic heterocycles. The lowest BCUT2D eigenvalue weighted by atomic mass is 10.3. The fraction of sp³-hybridized carbons (Fsp3) is 0.0909. The van der Waals surface area contributed by atoms with Crippen molar-refractivity contribution in [3.8, 4) is 0 Å². The molecule has 2 rings (SSSR count). The van der Waals surface area contributed by atoms with Gasteiger partial charge in [-0.15, -0.1) is 0 Å². The van der Waals surface area contributed by atoms with Crippen LogP contribution in [0, 0.1) is 11.6 Å². The van der Waals surface area contributed by atoms with Crippen molar-refractivity contribution in [3.63, 3.8) is 0 Å². The van der Waals surface area contributed by atoms with Crippen LogP contribution < -0.4 is 10.5 Å². The highest BCUT2D eigenvalue weighted by molar-refractivity contribution is 7.89. The largest absolute Gasteiger partial charge is 0.468 e. The van der Waals surface area contributed by atoms with E-state index in [9.17, 15) is 17.2 Å². The van der Waals surface area contributed by atoms with Gasteiger partial charge in [-0.25, -0.2) is 21.9 Å². The average Bonchev–Trinajstić information content (AvgIpc) is 2.86. The number of anilines is 1. The van der Waals surface area contributed by atoms with Gasteiger partial charge in [0.2, 0.25) is 10.0 Å². The molecule has 5 nitrogen and oxygen atoms in total. The maximum Gasteiger partial charge on any atom is 0.243 e. The zero-order chi connectivity index (χ0) is 14.0. The maximum absolute atomic E-state index is 13.6. The fourth-order valence-electron chi connectivity index (χ4n) is 1.41. The second-order valence-corrected chi connectivity index (χ2v) is 5.41. The summed E-state index contributed by atoms with van der Waals surface area (Å²) in [6, 6.07) is 4.74. The van der Waals surface area contributed by atoms with E-state index in [1.807, 2.05) is 0 Å². The summed E-state index contributed by atoms with van der Waals surface area (Å²) in [5.41, 5.74) is 4.28. The van der Waals surface area contributed by atoms with Crippen LogP contribution in [-0.4, -0.2) is 8.42 Å².